The van der Waals surface area contributed by atoms with E-state index < -0.39 is 11.6 Å². The van der Waals surface area contributed by atoms with Gasteiger partial charge in [0.05, 0.1) is 6.42 Å². The molecule has 0 unspecified atom stereocenters. The Hall–Kier alpha value is -1.39. The lowest BCUT2D eigenvalue weighted by molar-refractivity contribution is -0.156. The molecule has 0 aromatic carbocycles. The van der Waals surface area contributed by atoms with Crippen LogP contribution in [0.1, 0.15) is 72.1 Å². The third-order valence-electron chi connectivity index (χ3n) is 4.40. The molecule has 1 saturated carbocycles. The van der Waals surface area contributed by atoms with Crippen molar-refractivity contribution in [2.75, 3.05) is 0 Å². The number of hydrogen-bond acceptors (Lipinski definition) is 4. The van der Waals surface area contributed by atoms with E-state index in [2.05, 4.69) is 0 Å². The SMILES string of the molecule is CC(C)(C)OC(=O)CCC1(CC(=O)O)CCC(CC=O)CC1. The maximum Gasteiger partial charge on any atom is 0.306 e. The second-order valence-corrected chi connectivity index (χ2v) is 7.50. The Labute approximate surface area is 132 Å². The molecule has 0 spiro atoms. The average Bonchev–Trinajstić information content (AvgIpc) is 2.37. The lowest BCUT2D eigenvalue weighted by Crippen LogP contribution is -2.32. The van der Waals surface area contributed by atoms with Gasteiger partial charge in [0.1, 0.15) is 11.9 Å². The first-order chi connectivity index (χ1) is 10.2. The number of esters is 1. The minimum atomic E-state index is -0.821. The van der Waals surface area contributed by atoms with Crippen LogP contribution in [0.5, 0.6) is 0 Å². The highest BCUT2D eigenvalue weighted by atomic mass is 16.6. The zero-order valence-corrected chi connectivity index (χ0v) is 13.9. The highest BCUT2D eigenvalue weighted by Crippen LogP contribution is 2.45. The van der Waals surface area contributed by atoms with Crippen molar-refractivity contribution in [1.29, 1.82) is 0 Å². The van der Waals surface area contributed by atoms with Gasteiger partial charge in [-0.15, -0.1) is 0 Å². The molecule has 5 nitrogen and oxygen atoms in total. The minimum absolute atomic E-state index is 0.0869. The molecule has 0 aromatic rings. The number of carboxylic acid groups (broad SMARTS) is 1. The molecule has 126 valence electrons. The van der Waals surface area contributed by atoms with Crippen molar-refractivity contribution < 1.29 is 24.2 Å². The summed E-state index contributed by atoms with van der Waals surface area (Å²) < 4.78 is 5.31. The summed E-state index contributed by atoms with van der Waals surface area (Å²) in [6.07, 6.45) is 5.63. The third kappa shape index (κ3) is 6.58. The van der Waals surface area contributed by atoms with Crippen molar-refractivity contribution in [2.45, 2.75) is 77.7 Å². The zero-order valence-electron chi connectivity index (χ0n) is 13.9. The van der Waals surface area contributed by atoms with E-state index in [1.54, 1.807) is 0 Å². The van der Waals surface area contributed by atoms with Crippen molar-refractivity contribution in [2.24, 2.45) is 11.3 Å². The predicted molar refractivity (Wildman–Crippen MR) is 82.4 cm³/mol. The van der Waals surface area contributed by atoms with E-state index in [0.717, 1.165) is 32.0 Å². The summed E-state index contributed by atoms with van der Waals surface area (Å²) in [5.74, 6) is -0.730. The summed E-state index contributed by atoms with van der Waals surface area (Å²) in [7, 11) is 0. The highest BCUT2D eigenvalue weighted by molar-refractivity contribution is 5.70. The average molecular weight is 312 g/mol. The van der Waals surface area contributed by atoms with Crippen LogP contribution >= 0.6 is 0 Å². The first kappa shape index (κ1) is 18.7. The second-order valence-electron chi connectivity index (χ2n) is 7.50. The van der Waals surface area contributed by atoms with Gasteiger partial charge in [-0.3, -0.25) is 9.59 Å². The molecular weight excluding hydrogens is 284 g/mol. The molecular formula is C17H28O5. The van der Waals surface area contributed by atoms with Gasteiger partial charge in [-0.05, 0) is 64.2 Å². The van der Waals surface area contributed by atoms with E-state index in [1.165, 1.54) is 0 Å². The standard InChI is InChI=1S/C17H28O5/c1-16(2,3)22-15(21)6-10-17(12-14(19)20)8-4-13(5-9-17)7-11-18/h11,13H,4-10,12H2,1-3H3,(H,19,20). The molecule has 0 saturated heterocycles. The smallest absolute Gasteiger partial charge is 0.306 e. The van der Waals surface area contributed by atoms with Crippen molar-refractivity contribution in [3.8, 4) is 0 Å². The fraction of sp³-hybridized carbons (Fsp3) is 0.824. The van der Waals surface area contributed by atoms with Gasteiger partial charge in [0.15, 0.2) is 0 Å². The lowest BCUT2D eigenvalue weighted by atomic mass is 9.66. The van der Waals surface area contributed by atoms with Crippen LogP contribution in [0, 0.1) is 11.3 Å². The molecule has 0 amide bonds. The lowest BCUT2D eigenvalue weighted by Gasteiger charge is -2.39. The molecule has 1 rings (SSSR count). The Morgan fingerprint density at radius 2 is 1.86 bits per heavy atom. The number of carbonyl (C=O) groups excluding carboxylic acids is 2. The van der Waals surface area contributed by atoms with Gasteiger partial charge in [0, 0.05) is 12.8 Å². The van der Waals surface area contributed by atoms with Gasteiger partial charge in [-0.1, -0.05) is 0 Å². The topological polar surface area (TPSA) is 80.7 Å². The molecule has 0 atom stereocenters. The Balaban J connectivity index is 2.60. The Morgan fingerprint density at radius 3 is 2.32 bits per heavy atom. The Bertz CT molecular complexity index is 400. The summed E-state index contributed by atoms with van der Waals surface area (Å²) >= 11 is 0. The Morgan fingerprint density at radius 1 is 1.27 bits per heavy atom. The van der Waals surface area contributed by atoms with Crippen LogP contribution in [0.3, 0.4) is 0 Å². The molecule has 1 aliphatic carbocycles. The molecule has 1 fully saturated rings. The van der Waals surface area contributed by atoms with Crippen LogP contribution in [-0.2, 0) is 19.1 Å². The van der Waals surface area contributed by atoms with Gasteiger partial charge >= 0.3 is 11.9 Å². The first-order valence-electron chi connectivity index (χ1n) is 8.03. The predicted octanol–water partition coefficient (Wildman–Crippen LogP) is 3.35. The van der Waals surface area contributed by atoms with Gasteiger partial charge in [-0.25, -0.2) is 0 Å². The van der Waals surface area contributed by atoms with E-state index in [-0.39, 0.29) is 24.2 Å². The van der Waals surface area contributed by atoms with Gasteiger partial charge in [0.25, 0.3) is 0 Å². The minimum Gasteiger partial charge on any atom is -0.481 e. The van der Waals surface area contributed by atoms with E-state index in [0.29, 0.717) is 18.8 Å². The van der Waals surface area contributed by atoms with Crippen molar-refractivity contribution >= 4 is 18.2 Å². The summed E-state index contributed by atoms with van der Waals surface area (Å²) in [5, 5.41) is 9.18. The monoisotopic (exact) mass is 312 g/mol. The van der Waals surface area contributed by atoms with E-state index >= 15 is 0 Å². The summed E-state index contributed by atoms with van der Waals surface area (Å²) in [5.41, 5.74) is -0.846. The second kappa shape index (κ2) is 7.75. The van der Waals surface area contributed by atoms with Crippen molar-refractivity contribution in [3.63, 3.8) is 0 Å². The molecule has 1 aliphatic rings. The Kier molecular flexibility index (Phi) is 6.57. The maximum atomic E-state index is 11.9. The van der Waals surface area contributed by atoms with Crippen LogP contribution in [0.2, 0.25) is 0 Å². The maximum absolute atomic E-state index is 11.9. The number of rotatable bonds is 7. The largest absolute Gasteiger partial charge is 0.481 e. The summed E-state index contributed by atoms with van der Waals surface area (Å²) in [6, 6.07) is 0. The van der Waals surface area contributed by atoms with E-state index in [9.17, 15) is 19.5 Å². The highest BCUT2D eigenvalue weighted by Gasteiger charge is 2.37. The van der Waals surface area contributed by atoms with Gasteiger partial charge < -0.3 is 14.6 Å². The molecule has 5 heteroatoms. The fourth-order valence-electron chi connectivity index (χ4n) is 3.26. The number of hydrogen-bond donors (Lipinski definition) is 1. The van der Waals surface area contributed by atoms with Crippen LogP contribution in [0.4, 0.5) is 0 Å². The van der Waals surface area contributed by atoms with Crippen LogP contribution in [0.15, 0.2) is 0 Å². The van der Waals surface area contributed by atoms with Crippen molar-refractivity contribution in [1.82, 2.24) is 0 Å². The quantitative estimate of drug-likeness (QED) is 0.576. The van der Waals surface area contributed by atoms with E-state index in [1.807, 2.05) is 20.8 Å². The van der Waals surface area contributed by atoms with Crippen LogP contribution in [0.25, 0.3) is 0 Å². The number of aliphatic carboxylic acids is 1. The molecule has 0 aromatic heterocycles. The molecule has 1 N–H and O–H groups in total. The number of carbonyl (C=O) groups is 3. The summed E-state index contributed by atoms with van der Waals surface area (Å²) in [6.45, 7) is 5.47. The number of aldehydes is 1. The number of ether oxygens (including phenoxy) is 1. The van der Waals surface area contributed by atoms with Crippen LogP contribution in [-0.4, -0.2) is 28.9 Å². The molecule has 0 radical (unpaired) electrons. The number of carboxylic acids is 1. The van der Waals surface area contributed by atoms with Gasteiger partial charge in [-0.2, -0.15) is 0 Å². The first-order valence-corrected chi connectivity index (χ1v) is 8.03. The molecule has 0 aliphatic heterocycles. The normalized spacial score (nSPS) is 25.5. The fourth-order valence-corrected chi connectivity index (χ4v) is 3.26. The van der Waals surface area contributed by atoms with Crippen LogP contribution < -0.4 is 0 Å². The van der Waals surface area contributed by atoms with E-state index in [4.69, 9.17) is 4.74 Å². The van der Waals surface area contributed by atoms with Crippen molar-refractivity contribution in [3.05, 3.63) is 0 Å². The molecule has 22 heavy (non-hydrogen) atoms. The molecule has 0 bridgehead atoms. The third-order valence-corrected chi connectivity index (χ3v) is 4.40. The summed E-state index contributed by atoms with van der Waals surface area (Å²) in [4.78, 5) is 33.7. The van der Waals surface area contributed by atoms with Gasteiger partial charge in [0.2, 0.25) is 0 Å². The zero-order chi connectivity index (χ0) is 16.8. The molecule has 0 heterocycles.